The lowest BCUT2D eigenvalue weighted by atomic mass is 9.94. The zero-order chi connectivity index (χ0) is 17.6. The van der Waals surface area contributed by atoms with E-state index in [0.29, 0.717) is 11.6 Å². The Hall–Kier alpha value is -1.65. The van der Waals surface area contributed by atoms with Crippen molar-refractivity contribution < 1.29 is 4.79 Å². The highest BCUT2D eigenvalue weighted by molar-refractivity contribution is 9.10. The Kier molecular flexibility index (Phi) is 6.27. The van der Waals surface area contributed by atoms with E-state index in [1.807, 2.05) is 42.5 Å². The second kappa shape index (κ2) is 8.63. The Morgan fingerprint density at radius 1 is 1.12 bits per heavy atom. The molecule has 1 fully saturated rings. The van der Waals surface area contributed by atoms with Crippen molar-refractivity contribution in [3.05, 3.63) is 64.1 Å². The minimum absolute atomic E-state index is 0.0749. The number of para-hydroxylation sites is 1. The van der Waals surface area contributed by atoms with Crippen molar-refractivity contribution in [2.45, 2.75) is 44.7 Å². The maximum absolute atomic E-state index is 12.6. The van der Waals surface area contributed by atoms with E-state index in [1.54, 1.807) is 0 Å². The number of carbonyl (C=O) groups excluding carboxylic acids is 1. The minimum Gasteiger partial charge on any atom is -0.322 e. The lowest BCUT2D eigenvalue weighted by molar-refractivity contribution is 0.102. The molecule has 0 unspecified atom stereocenters. The standard InChI is InChI=1S/C21H25BrN2O/c1-24(19-11-3-2-4-12-19)15-17-8-5-6-13-20(17)23-21(25)16-9-7-10-18(22)14-16/h5-10,13-14,19H,2-4,11-12,15H2,1H3,(H,23,25). The van der Waals surface area contributed by atoms with Gasteiger partial charge in [0, 0.05) is 28.3 Å². The van der Waals surface area contributed by atoms with Gasteiger partial charge in [-0.2, -0.15) is 0 Å². The van der Waals surface area contributed by atoms with Crippen LogP contribution in [0.3, 0.4) is 0 Å². The van der Waals surface area contributed by atoms with Gasteiger partial charge in [-0.1, -0.05) is 59.5 Å². The summed E-state index contributed by atoms with van der Waals surface area (Å²) in [6, 6.07) is 16.2. The van der Waals surface area contributed by atoms with Crippen LogP contribution in [0.5, 0.6) is 0 Å². The number of carbonyl (C=O) groups is 1. The van der Waals surface area contributed by atoms with Gasteiger partial charge >= 0.3 is 0 Å². The summed E-state index contributed by atoms with van der Waals surface area (Å²) in [5, 5.41) is 3.08. The van der Waals surface area contributed by atoms with Crippen molar-refractivity contribution in [3.8, 4) is 0 Å². The average Bonchev–Trinajstić information content (AvgIpc) is 2.64. The molecule has 0 aliphatic heterocycles. The van der Waals surface area contributed by atoms with Crippen molar-refractivity contribution in [1.29, 1.82) is 0 Å². The van der Waals surface area contributed by atoms with E-state index in [0.717, 1.165) is 16.7 Å². The second-order valence-corrected chi connectivity index (χ2v) is 7.74. The van der Waals surface area contributed by atoms with Crippen LogP contribution in [0.15, 0.2) is 53.0 Å². The van der Waals surface area contributed by atoms with Crippen LogP contribution < -0.4 is 5.32 Å². The van der Waals surface area contributed by atoms with Crippen molar-refractivity contribution in [1.82, 2.24) is 4.90 Å². The van der Waals surface area contributed by atoms with Crippen LogP contribution in [-0.2, 0) is 6.54 Å². The Bertz CT molecular complexity index is 725. The predicted molar refractivity (Wildman–Crippen MR) is 107 cm³/mol. The van der Waals surface area contributed by atoms with E-state index in [9.17, 15) is 4.79 Å². The Morgan fingerprint density at radius 3 is 2.64 bits per heavy atom. The van der Waals surface area contributed by atoms with Crippen molar-refractivity contribution in [2.24, 2.45) is 0 Å². The van der Waals surface area contributed by atoms with Gasteiger partial charge in [0.15, 0.2) is 0 Å². The smallest absolute Gasteiger partial charge is 0.255 e. The molecule has 1 saturated carbocycles. The van der Waals surface area contributed by atoms with Gasteiger partial charge in [0.2, 0.25) is 0 Å². The molecular weight excluding hydrogens is 376 g/mol. The van der Waals surface area contributed by atoms with E-state index in [-0.39, 0.29) is 5.91 Å². The van der Waals surface area contributed by atoms with Crippen molar-refractivity contribution >= 4 is 27.5 Å². The summed E-state index contributed by atoms with van der Waals surface area (Å²) >= 11 is 3.42. The van der Waals surface area contributed by atoms with Gasteiger partial charge in [-0.05, 0) is 49.7 Å². The second-order valence-electron chi connectivity index (χ2n) is 6.83. The van der Waals surface area contributed by atoms with Crippen LogP contribution in [0.25, 0.3) is 0 Å². The fraction of sp³-hybridized carbons (Fsp3) is 0.381. The maximum Gasteiger partial charge on any atom is 0.255 e. The number of benzene rings is 2. The molecule has 1 aliphatic rings. The highest BCUT2D eigenvalue weighted by atomic mass is 79.9. The molecule has 0 radical (unpaired) electrons. The van der Waals surface area contributed by atoms with Crippen LogP contribution in [0, 0.1) is 0 Å². The quantitative estimate of drug-likeness (QED) is 0.721. The Morgan fingerprint density at radius 2 is 1.88 bits per heavy atom. The number of anilines is 1. The van der Waals surface area contributed by atoms with Gasteiger partial charge in [0.1, 0.15) is 0 Å². The zero-order valence-electron chi connectivity index (χ0n) is 14.7. The van der Waals surface area contributed by atoms with E-state index < -0.39 is 0 Å². The number of nitrogens with zero attached hydrogens (tertiary/aromatic N) is 1. The number of rotatable bonds is 5. The molecule has 3 rings (SSSR count). The third-order valence-corrected chi connectivity index (χ3v) is 5.46. The summed E-state index contributed by atoms with van der Waals surface area (Å²) in [5.74, 6) is -0.0749. The first kappa shape index (κ1) is 18.2. The zero-order valence-corrected chi connectivity index (χ0v) is 16.3. The Labute approximate surface area is 158 Å². The molecule has 0 bridgehead atoms. The molecule has 0 saturated heterocycles. The first-order valence-electron chi connectivity index (χ1n) is 8.98. The first-order valence-corrected chi connectivity index (χ1v) is 9.78. The minimum atomic E-state index is -0.0749. The fourth-order valence-electron chi connectivity index (χ4n) is 3.52. The Balaban J connectivity index is 1.71. The average molecular weight is 401 g/mol. The third kappa shape index (κ3) is 4.93. The fourth-order valence-corrected chi connectivity index (χ4v) is 3.92. The van der Waals surface area contributed by atoms with Gasteiger partial charge in [-0.15, -0.1) is 0 Å². The van der Waals surface area contributed by atoms with Crippen LogP contribution in [0.4, 0.5) is 5.69 Å². The molecular formula is C21H25BrN2O. The summed E-state index contributed by atoms with van der Waals surface area (Å²) < 4.78 is 0.908. The molecule has 1 amide bonds. The van der Waals surface area contributed by atoms with Crippen LogP contribution >= 0.6 is 15.9 Å². The van der Waals surface area contributed by atoms with Gasteiger partial charge in [-0.25, -0.2) is 0 Å². The molecule has 3 nitrogen and oxygen atoms in total. The predicted octanol–water partition coefficient (Wildman–Crippen LogP) is 5.47. The lowest BCUT2D eigenvalue weighted by Crippen LogP contribution is -2.33. The van der Waals surface area contributed by atoms with Gasteiger partial charge in [-0.3, -0.25) is 9.69 Å². The molecule has 0 atom stereocenters. The van der Waals surface area contributed by atoms with Gasteiger partial charge in [0.05, 0.1) is 0 Å². The molecule has 2 aromatic rings. The topological polar surface area (TPSA) is 32.3 Å². The van der Waals surface area contributed by atoms with Gasteiger partial charge < -0.3 is 5.32 Å². The molecule has 1 N–H and O–H groups in total. The van der Waals surface area contributed by atoms with Crippen molar-refractivity contribution in [2.75, 3.05) is 12.4 Å². The van der Waals surface area contributed by atoms with Crippen LogP contribution in [-0.4, -0.2) is 23.9 Å². The van der Waals surface area contributed by atoms with Crippen LogP contribution in [0.2, 0.25) is 0 Å². The molecule has 1 aliphatic carbocycles. The summed E-state index contributed by atoms with van der Waals surface area (Å²) in [5.41, 5.74) is 2.72. The largest absolute Gasteiger partial charge is 0.322 e. The number of amides is 1. The van der Waals surface area contributed by atoms with E-state index in [4.69, 9.17) is 0 Å². The number of hydrogen-bond donors (Lipinski definition) is 1. The van der Waals surface area contributed by atoms with E-state index >= 15 is 0 Å². The SMILES string of the molecule is CN(Cc1ccccc1NC(=O)c1cccc(Br)c1)C1CCCCC1. The molecule has 25 heavy (non-hydrogen) atoms. The van der Waals surface area contributed by atoms with Crippen molar-refractivity contribution in [3.63, 3.8) is 0 Å². The molecule has 0 spiro atoms. The first-order chi connectivity index (χ1) is 12.1. The van der Waals surface area contributed by atoms with E-state index in [2.05, 4.69) is 39.3 Å². The molecule has 0 heterocycles. The number of nitrogens with one attached hydrogen (secondary N) is 1. The normalized spacial score (nSPS) is 15.3. The highest BCUT2D eigenvalue weighted by Crippen LogP contribution is 2.25. The summed E-state index contributed by atoms with van der Waals surface area (Å²) in [6.45, 7) is 0.861. The highest BCUT2D eigenvalue weighted by Gasteiger charge is 2.19. The van der Waals surface area contributed by atoms with Gasteiger partial charge in [0.25, 0.3) is 5.91 Å². The summed E-state index contributed by atoms with van der Waals surface area (Å²) in [6.07, 6.45) is 6.59. The number of halogens is 1. The summed E-state index contributed by atoms with van der Waals surface area (Å²) in [4.78, 5) is 15.0. The lowest BCUT2D eigenvalue weighted by Gasteiger charge is -2.31. The summed E-state index contributed by atoms with van der Waals surface area (Å²) in [7, 11) is 2.20. The molecule has 132 valence electrons. The van der Waals surface area contributed by atoms with Crippen LogP contribution in [0.1, 0.15) is 48.0 Å². The monoisotopic (exact) mass is 400 g/mol. The molecule has 0 aromatic heterocycles. The third-order valence-electron chi connectivity index (χ3n) is 4.97. The van der Waals surface area contributed by atoms with E-state index in [1.165, 1.54) is 37.7 Å². The molecule has 4 heteroatoms. The maximum atomic E-state index is 12.6. The molecule has 2 aromatic carbocycles. The number of hydrogen-bond acceptors (Lipinski definition) is 2.